The lowest BCUT2D eigenvalue weighted by molar-refractivity contribution is 0.474. The Labute approximate surface area is 86.9 Å². The molecular formula is C13H21F. The van der Waals surface area contributed by atoms with Gasteiger partial charge in [0.15, 0.2) is 0 Å². The SMILES string of the molecule is CCCC(C)=CC=C(F)C1CCCC1. The standard InChI is InChI=1S/C13H21F/c1-3-6-11(2)9-10-13(14)12-7-4-5-8-12/h9-10,12H,3-8H2,1-2H3. The first-order chi connectivity index (χ1) is 6.74. The van der Waals surface area contributed by atoms with Crippen molar-refractivity contribution in [3.63, 3.8) is 0 Å². The molecule has 0 amide bonds. The van der Waals surface area contributed by atoms with Crippen molar-refractivity contribution in [2.24, 2.45) is 5.92 Å². The van der Waals surface area contributed by atoms with Crippen molar-refractivity contribution < 1.29 is 4.39 Å². The van der Waals surface area contributed by atoms with E-state index in [9.17, 15) is 4.39 Å². The topological polar surface area (TPSA) is 0 Å². The molecule has 14 heavy (non-hydrogen) atoms. The second kappa shape index (κ2) is 6.00. The average Bonchev–Trinajstić information content (AvgIpc) is 2.67. The lowest BCUT2D eigenvalue weighted by atomic mass is 10.1. The van der Waals surface area contributed by atoms with Crippen LogP contribution in [0.5, 0.6) is 0 Å². The third-order valence-electron chi connectivity index (χ3n) is 2.92. The van der Waals surface area contributed by atoms with Crippen LogP contribution in [0.1, 0.15) is 52.4 Å². The Morgan fingerprint density at radius 3 is 2.50 bits per heavy atom. The lowest BCUT2D eigenvalue weighted by Crippen LogP contribution is -1.92. The van der Waals surface area contributed by atoms with Gasteiger partial charge in [-0.15, -0.1) is 0 Å². The first-order valence-corrected chi connectivity index (χ1v) is 5.77. The van der Waals surface area contributed by atoms with E-state index in [0.717, 1.165) is 25.7 Å². The van der Waals surface area contributed by atoms with Gasteiger partial charge >= 0.3 is 0 Å². The Hall–Kier alpha value is -0.590. The van der Waals surface area contributed by atoms with E-state index in [0.29, 0.717) is 0 Å². The normalized spacial score (nSPS) is 20.5. The predicted molar refractivity (Wildman–Crippen MR) is 59.8 cm³/mol. The third kappa shape index (κ3) is 3.65. The van der Waals surface area contributed by atoms with Crippen LogP contribution in [0, 0.1) is 5.92 Å². The van der Waals surface area contributed by atoms with E-state index >= 15 is 0 Å². The molecule has 0 atom stereocenters. The summed E-state index contributed by atoms with van der Waals surface area (Å²) in [6.07, 6.45) is 10.3. The average molecular weight is 196 g/mol. The van der Waals surface area contributed by atoms with Gasteiger partial charge in [-0.05, 0) is 32.3 Å². The van der Waals surface area contributed by atoms with Gasteiger partial charge < -0.3 is 0 Å². The summed E-state index contributed by atoms with van der Waals surface area (Å²) in [5, 5.41) is 0. The lowest BCUT2D eigenvalue weighted by Gasteiger charge is -2.04. The van der Waals surface area contributed by atoms with Crippen LogP contribution in [0.2, 0.25) is 0 Å². The molecular weight excluding hydrogens is 175 g/mol. The summed E-state index contributed by atoms with van der Waals surface area (Å²) in [7, 11) is 0. The summed E-state index contributed by atoms with van der Waals surface area (Å²) in [6, 6.07) is 0. The molecule has 1 saturated carbocycles. The largest absolute Gasteiger partial charge is 0.212 e. The first kappa shape index (κ1) is 11.5. The summed E-state index contributed by atoms with van der Waals surface area (Å²) < 4.78 is 13.5. The smallest absolute Gasteiger partial charge is 0.103 e. The van der Waals surface area contributed by atoms with E-state index in [1.807, 2.05) is 6.08 Å². The van der Waals surface area contributed by atoms with Crippen LogP contribution >= 0.6 is 0 Å². The highest BCUT2D eigenvalue weighted by atomic mass is 19.1. The van der Waals surface area contributed by atoms with Crippen molar-refractivity contribution in [1.82, 2.24) is 0 Å². The number of allylic oxidation sites excluding steroid dienone is 4. The van der Waals surface area contributed by atoms with Crippen LogP contribution < -0.4 is 0 Å². The van der Waals surface area contributed by atoms with Crippen molar-refractivity contribution in [2.45, 2.75) is 52.4 Å². The van der Waals surface area contributed by atoms with E-state index in [-0.39, 0.29) is 11.7 Å². The Balaban J connectivity index is 2.45. The molecule has 0 unspecified atom stereocenters. The highest BCUT2D eigenvalue weighted by molar-refractivity contribution is 5.15. The molecule has 1 aliphatic rings. The molecule has 0 heterocycles. The van der Waals surface area contributed by atoms with Crippen molar-refractivity contribution >= 4 is 0 Å². The van der Waals surface area contributed by atoms with Gasteiger partial charge in [0, 0.05) is 5.92 Å². The molecule has 1 aliphatic carbocycles. The van der Waals surface area contributed by atoms with E-state index in [1.54, 1.807) is 6.08 Å². The fraction of sp³-hybridized carbons (Fsp3) is 0.692. The van der Waals surface area contributed by atoms with Crippen LogP contribution in [0.4, 0.5) is 4.39 Å². The maximum atomic E-state index is 13.5. The van der Waals surface area contributed by atoms with E-state index in [2.05, 4.69) is 13.8 Å². The van der Waals surface area contributed by atoms with Gasteiger partial charge in [0.1, 0.15) is 5.83 Å². The quantitative estimate of drug-likeness (QED) is 0.568. The van der Waals surface area contributed by atoms with E-state index in [1.165, 1.54) is 18.4 Å². The zero-order chi connectivity index (χ0) is 10.4. The van der Waals surface area contributed by atoms with Gasteiger partial charge in [-0.1, -0.05) is 37.8 Å². The number of hydrogen-bond acceptors (Lipinski definition) is 0. The fourth-order valence-corrected chi connectivity index (χ4v) is 2.04. The molecule has 0 spiro atoms. The molecule has 0 aliphatic heterocycles. The van der Waals surface area contributed by atoms with Crippen molar-refractivity contribution in [1.29, 1.82) is 0 Å². The van der Waals surface area contributed by atoms with Crippen LogP contribution in [0.25, 0.3) is 0 Å². The Kier molecular flexibility index (Phi) is 4.92. The van der Waals surface area contributed by atoms with Crippen LogP contribution in [-0.4, -0.2) is 0 Å². The predicted octanol–water partition coefficient (Wildman–Crippen LogP) is 4.78. The Morgan fingerprint density at radius 1 is 1.29 bits per heavy atom. The summed E-state index contributed by atoms with van der Waals surface area (Å²) in [5.74, 6) is 0.318. The molecule has 0 saturated heterocycles. The molecule has 1 heteroatoms. The van der Waals surface area contributed by atoms with Gasteiger partial charge in [0.05, 0.1) is 0 Å². The molecule has 0 N–H and O–H groups in total. The van der Waals surface area contributed by atoms with Gasteiger partial charge in [-0.3, -0.25) is 0 Å². The summed E-state index contributed by atoms with van der Waals surface area (Å²) in [4.78, 5) is 0. The molecule has 1 rings (SSSR count). The molecule has 0 aromatic rings. The third-order valence-corrected chi connectivity index (χ3v) is 2.92. The van der Waals surface area contributed by atoms with Crippen LogP contribution in [0.15, 0.2) is 23.6 Å². The maximum absolute atomic E-state index is 13.5. The molecule has 0 radical (unpaired) electrons. The second-order valence-corrected chi connectivity index (χ2v) is 4.30. The van der Waals surface area contributed by atoms with Gasteiger partial charge in [0.2, 0.25) is 0 Å². The van der Waals surface area contributed by atoms with E-state index < -0.39 is 0 Å². The van der Waals surface area contributed by atoms with E-state index in [4.69, 9.17) is 0 Å². The maximum Gasteiger partial charge on any atom is 0.103 e. The van der Waals surface area contributed by atoms with Crippen molar-refractivity contribution in [3.8, 4) is 0 Å². The molecule has 0 aromatic carbocycles. The second-order valence-electron chi connectivity index (χ2n) is 4.30. The van der Waals surface area contributed by atoms with Crippen LogP contribution in [-0.2, 0) is 0 Å². The van der Waals surface area contributed by atoms with Crippen molar-refractivity contribution in [3.05, 3.63) is 23.6 Å². The van der Waals surface area contributed by atoms with Gasteiger partial charge in [0.25, 0.3) is 0 Å². The van der Waals surface area contributed by atoms with Crippen LogP contribution in [0.3, 0.4) is 0 Å². The fourth-order valence-electron chi connectivity index (χ4n) is 2.04. The minimum atomic E-state index is 0.0953. The number of halogens is 1. The Morgan fingerprint density at radius 2 is 1.93 bits per heavy atom. The minimum Gasteiger partial charge on any atom is -0.212 e. The monoisotopic (exact) mass is 196 g/mol. The van der Waals surface area contributed by atoms with Crippen molar-refractivity contribution in [2.75, 3.05) is 0 Å². The zero-order valence-corrected chi connectivity index (χ0v) is 9.35. The molecule has 0 bridgehead atoms. The number of hydrogen-bond donors (Lipinski definition) is 0. The zero-order valence-electron chi connectivity index (χ0n) is 9.35. The highest BCUT2D eigenvalue weighted by Gasteiger charge is 2.18. The summed E-state index contributed by atoms with van der Waals surface area (Å²) in [6.45, 7) is 4.22. The Bertz CT molecular complexity index is 219. The number of rotatable bonds is 4. The molecule has 80 valence electrons. The summed E-state index contributed by atoms with van der Waals surface area (Å²) >= 11 is 0. The summed E-state index contributed by atoms with van der Waals surface area (Å²) in [5.41, 5.74) is 1.28. The highest BCUT2D eigenvalue weighted by Crippen LogP contribution is 2.31. The minimum absolute atomic E-state index is 0.0953. The first-order valence-electron chi connectivity index (χ1n) is 5.77. The molecule has 0 nitrogen and oxygen atoms in total. The van der Waals surface area contributed by atoms with Gasteiger partial charge in [-0.2, -0.15) is 0 Å². The molecule has 1 fully saturated rings. The molecule has 0 aromatic heterocycles. The van der Waals surface area contributed by atoms with Gasteiger partial charge in [-0.25, -0.2) is 4.39 Å².